The lowest BCUT2D eigenvalue weighted by Crippen LogP contribution is -2.10. The second-order valence-corrected chi connectivity index (χ2v) is 18.8. The molecule has 10 rings (SSSR count). The molecule has 0 fully saturated rings. The molecule has 2 heterocycles. The van der Waals surface area contributed by atoms with Crippen LogP contribution in [0.25, 0.3) is 95.0 Å². The number of fused-ring (bicyclic) bond motifs is 1. The van der Waals surface area contributed by atoms with E-state index in [4.69, 9.17) is 21.4 Å². The molecule has 4 heteroatoms. The van der Waals surface area contributed by atoms with E-state index in [0.717, 1.165) is 56.4 Å². The zero-order chi connectivity index (χ0) is 63.2. The third kappa shape index (κ3) is 9.23. The van der Waals surface area contributed by atoms with Crippen molar-refractivity contribution in [3.63, 3.8) is 0 Å². The lowest BCUT2D eigenvalue weighted by atomic mass is 9.86. The molecule has 8 aromatic carbocycles. The van der Waals surface area contributed by atoms with Crippen molar-refractivity contribution in [2.45, 2.75) is 85.2 Å². The largest absolute Gasteiger partial charge is 0.507 e. The van der Waals surface area contributed by atoms with Crippen LogP contribution in [-0.2, 0) is 5.41 Å². The van der Waals surface area contributed by atoms with Gasteiger partial charge >= 0.3 is 0 Å². The topological polar surface area (TPSA) is 50.9 Å². The van der Waals surface area contributed by atoms with Gasteiger partial charge in [-0.15, -0.1) is 0 Å². The smallest absolute Gasteiger partial charge is 0.149 e. The summed E-state index contributed by atoms with van der Waals surface area (Å²) in [4.78, 5) is 10.2. The molecule has 0 saturated heterocycles. The third-order valence-electron chi connectivity index (χ3n) is 13.0. The van der Waals surface area contributed by atoms with E-state index in [1.807, 2.05) is 155 Å². The molecule has 0 radical (unpaired) electrons. The second-order valence-electron chi connectivity index (χ2n) is 18.8. The summed E-state index contributed by atoms with van der Waals surface area (Å²) in [6.07, 6.45) is 1.08. The quantitative estimate of drug-likeness (QED) is 0.141. The zero-order valence-corrected chi connectivity index (χ0v) is 40.5. The Hall–Kier alpha value is -7.82. The average molecular weight is 942 g/mol. The fourth-order valence-electron chi connectivity index (χ4n) is 9.24. The van der Waals surface area contributed by atoms with Crippen LogP contribution in [0.5, 0.6) is 5.75 Å². The SMILES string of the molecule is [2H]c1cnc(-c2cc(-c3ccccc3)cc(-c3cccc4c3nc(-c3cc(C(C)C)cc(C(C)C)c3O)n4-c3cc(-c4ccccc4)c(C([2H])(C)C)cc3-c3ccccc3)c2)c([2H])c1-c1c([2H])c([2H])c(C(C([2H])([2H])[2H])(C([2H])([2H])[2H])C([2H])([2H])[2H])c([2H])c1[2H]. The van der Waals surface area contributed by atoms with E-state index < -0.39 is 84.8 Å². The molecule has 0 spiro atoms. The van der Waals surface area contributed by atoms with Gasteiger partial charge in [0.25, 0.3) is 0 Å². The summed E-state index contributed by atoms with van der Waals surface area (Å²) < 4.78 is 142. The minimum Gasteiger partial charge on any atom is -0.507 e. The van der Waals surface area contributed by atoms with E-state index in [2.05, 4.69) is 35.5 Å². The number of aromatic hydroxyl groups is 1. The Labute approximate surface area is 442 Å². The summed E-state index contributed by atoms with van der Waals surface area (Å²) in [6, 6.07) is 43.1. The van der Waals surface area contributed by atoms with E-state index in [1.54, 1.807) is 12.1 Å². The zero-order valence-electron chi connectivity index (χ0n) is 56.5. The molecule has 0 atom stereocenters. The van der Waals surface area contributed by atoms with Crippen LogP contribution < -0.4 is 0 Å². The Morgan fingerprint density at radius 2 is 1.17 bits per heavy atom. The lowest BCUT2D eigenvalue weighted by Gasteiger charge is -2.22. The number of para-hydroxylation sites is 1. The standard InChI is InChI=1S/C67H63N3O/c1-42(2)50-37-57(44(5)6)65(71)60(38-50)66-69-64-55(26-19-27-62(64)70(66)63-41-58(47-22-15-11-16-23-47)56(43(3)4)40-59(63)48-24-17-12-18-25-48)52-34-51(45-20-13-10-14-21-45)35-53(36-52)61-39-49(32-33-68-61)46-28-30-54(31-29-46)67(7,8)9/h10-44,71H,1-9H3/i7D3,8D3,9D3,28D,29D,30D,31D,32D,39D,43D. The van der Waals surface area contributed by atoms with E-state index in [0.29, 0.717) is 44.7 Å². The molecule has 0 saturated carbocycles. The van der Waals surface area contributed by atoms with Crippen molar-refractivity contribution >= 4 is 11.0 Å². The summed E-state index contributed by atoms with van der Waals surface area (Å²) in [6.45, 7) is 0.272. The van der Waals surface area contributed by atoms with Gasteiger partial charge in [0, 0.05) is 36.6 Å². The first-order chi connectivity index (χ1) is 40.8. The number of aromatic nitrogens is 3. The lowest BCUT2D eigenvalue weighted by molar-refractivity contribution is 0.466. The molecule has 2 aromatic heterocycles. The van der Waals surface area contributed by atoms with Gasteiger partial charge < -0.3 is 5.11 Å². The number of imidazole rings is 1. The maximum absolute atomic E-state index is 12.6. The number of benzene rings is 8. The molecule has 71 heavy (non-hydrogen) atoms. The molecule has 0 amide bonds. The first-order valence-electron chi connectivity index (χ1n) is 31.8. The molecule has 0 aliphatic carbocycles. The van der Waals surface area contributed by atoms with Crippen molar-refractivity contribution in [3.8, 4) is 89.7 Å². The Kier molecular flexibility index (Phi) is 8.48. The maximum atomic E-state index is 12.6. The molecule has 4 nitrogen and oxygen atoms in total. The minimum atomic E-state index is -3.91. The number of nitrogens with zero attached hydrogens (tertiary/aromatic N) is 3. The van der Waals surface area contributed by atoms with Crippen LogP contribution in [0, 0.1) is 0 Å². The number of hydrogen-bond acceptors (Lipinski definition) is 3. The van der Waals surface area contributed by atoms with Gasteiger partial charge in [-0.05, 0) is 144 Å². The van der Waals surface area contributed by atoms with E-state index in [-0.39, 0.29) is 23.3 Å². The second kappa shape index (κ2) is 19.2. The fourth-order valence-corrected chi connectivity index (χ4v) is 9.24. The van der Waals surface area contributed by atoms with Crippen molar-refractivity contribution in [1.29, 1.82) is 0 Å². The molecule has 1 N–H and O–H groups in total. The van der Waals surface area contributed by atoms with Crippen molar-refractivity contribution in [2.75, 3.05) is 0 Å². The normalized spacial score (nSPS) is 15.8. The van der Waals surface area contributed by atoms with Gasteiger partial charge in [0.05, 0.1) is 36.2 Å². The van der Waals surface area contributed by atoms with Crippen LogP contribution >= 0.6 is 0 Å². The summed E-state index contributed by atoms with van der Waals surface area (Å²) in [7, 11) is 0. The van der Waals surface area contributed by atoms with Crippen LogP contribution in [0.2, 0.25) is 0 Å². The number of phenolic OH excluding ortho intramolecular Hbond substituents is 1. The highest BCUT2D eigenvalue weighted by Crippen LogP contribution is 2.46. The summed E-state index contributed by atoms with van der Waals surface area (Å²) in [5.41, 5.74) is 4.76. The van der Waals surface area contributed by atoms with Gasteiger partial charge in [-0.2, -0.15) is 0 Å². The summed E-state index contributed by atoms with van der Waals surface area (Å²) in [5.74, 6) is -0.580. The molecular weight excluding hydrogens is 863 g/mol. The van der Waals surface area contributed by atoms with E-state index in [9.17, 15) is 10.6 Å². The monoisotopic (exact) mass is 942 g/mol. The van der Waals surface area contributed by atoms with Crippen LogP contribution in [0.3, 0.4) is 0 Å². The molecular formula is C67H63N3O. The molecule has 10 aromatic rings. The maximum Gasteiger partial charge on any atom is 0.149 e. The predicted octanol–water partition coefficient (Wildman–Crippen LogP) is 18.5. The van der Waals surface area contributed by atoms with Gasteiger partial charge in [-0.25, -0.2) is 4.98 Å². The Morgan fingerprint density at radius 3 is 1.80 bits per heavy atom. The fraction of sp³-hybridized carbons (Fsp3) is 0.194. The summed E-state index contributed by atoms with van der Waals surface area (Å²) >= 11 is 0. The first-order valence-corrected chi connectivity index (χ1v) is 23.8. The Bertz CT molecular complexity index is 4230. The van der Waals surface area contributed by atoms with Crippen LogP contribution in [-0.4, -0.2) is 19.6 Å². The predicted molar refractivity (Wildman–Crippen MR) is 300 cm³/mol. The molecule has 0 aliphatic heterocycles. The van der Waals surface area contributed by atoms with E-state index in [1.165, 1.54) is 0 Å². The minimum absolute atomic E-state index is 0.0595. The van der Waals surface area contributed by atoms with Crippen LogP contribution in [0.1, 0.15) is 124 Å². The van der Waals surface area contributed by atoms with Crippen LogP contribution in [0.4, 0.5) is 0 Å². The molecule has 352 valence electrons. The van der Waals surface area contributed by atoms with Crippen molar-refractivity contribution in [3.05, 3.63) is 216 Å². The van der Waals surface area contributed by atoms with Crippen molar-refractivity contribution in [1.82, 2.24) is 14.5 Å². The summed E-state index contributed by atoms with van der Waals surface area (Å²) in [5, 5.41) is 12.6. The Morgan fingerprint density at radius 1 is 0.535 bits per heavy atom. The van der Waals surface area contributed by atoms with Gasteiger partial charge in [0.2, 0.25) is 0 Å². The van der Waals surface area contributed by atoms with Gasteiger partial charge in [0.1, 0.15) is 11.6 Å². The van der Waals surface area contributed by atoms with Crippen molar-refractivity contribution in [2.24, 2.45) is 0 Å². The number of phenols is 1. The number of pyridine rings is 1. The van der Waals surface area contributed by atoms with Crippen LogP contribution in [0.15, 0.2) is 194 Å². The van der Waals surface area contributed by atoms with Gasteiger partial charge in [-0.3, -0.25) is 9.55 Å². The average Bonchev–Trinajstić information content (AvgIpc) is 1.18. The highest BCUT2D eigenvalue weighted by atomic mass is 16.3. The molecule has 0 unspecified atom stereocenters. The third-order valence-corrected chi connectivity index (χ3v) is 13.0. The first kappa shape index (κ1) is 31.4. The van der Waals surface area contributed by atoms with E-state index >= 15 is 0 Å². The highest BCUT2D eigenvalue weighted by Gasteiger charge is 2.27. The van der Waals surface area contributed by atoms with Gasteiger partial charge in [-0.1, -0.05) is 195 Å². The highest BCUT2D eigenvalue weighted by molar-refractivity contribution is 5.99. The van der Waals surface area contributed by atoms with Crippen molar-refractivity contribution < 1.29 is 27.0 Å². The van der Waals surface area contributed by atoms with Gasteiger partial charge in [0.15, 0.2) is 0 Å². The Balaban J connectivity index is 1.29. The number of rotatable bonds is 11. The number of hydrogen-bond donors (Lipinski definition) is 1. The molecule has 0 bridgehead atoms. The molecule has 0 aliphatic rings.